The number of hydrogen-bond acceptors (Lipinski definition) is 6. The van der Waals surface area contributed by atoms with Crippen molar-refractivity contribution in [2.45, 2.75) is 38.2 Å². The Labute approximate surface area is 161 Å². The molecule has 1 aromatic carbocycles. The summed E-state index contributed by atoms with van der Waals surface area (Å²) >= 11 is 0. The minimum Gasteiger partial charge on any atom is -0.394 e. The topological polar surface area (TPSA) is 112 Å². The van der Waals surface area contributed by atoms with Crippen molar-refractivity contribution in [3.05, 3.63) is 58.3 Å². The molecular formula is C20H24N4O4. The van der Waals surface area contributed by atoms with Gasteiger partial charge in [0.2, 0.25) is 0 Å². The molecule has 3 heterocycles. The third kappa shape index (κ3) is 3.54. The molecule has 8 heteroatoms. The molecule has 3 aromatic rings. The number of aliphatic hydroxyl groups is 2. The highest BCUT2D eigenvalue weighted by Gasteiger charge is 2.35. The summed E-state index contributed by atoms with van der Waals surface area (Å²) in [6.45, 7) is 2.22. The predicted molar refractivity (Wildman–Crippen MR) is 105 cm³/mol. The van der Waals surface area contributed by atoms with Crippen molar-refractivity contribution < 1.29 is 14.9 Å². The summed E-state index contributed by atoms with van der Waals surface area (Å²) in [4.78, 5) is 19.8. The van der Waals surface area contributed by atoms with Gasteiger partial charge in [-0.1, -0.05) is 18.2 Å². The van der Waals surface area contributed by atoms with Crippen molar-refractivity contribution in [1.82, 2.24) is 14.5 Å². The Morgan fingerprint density at radius 2 is 2.21 bits per heavy atom. The van der Waals surface area contributed by atoms with Crippen LogP contribution in [0.4, 0.5) is 5.82 Å². The Bertz CT molecular complexity index is 1030. The third-order valence-electron chi connectivity index (χ3n) is 5.19. The normalized spacial score (nSPS) is 22.0. The number of aliphatic hydroxyl groups excluding tert-OH is 2. The van der Waals surface area contributed by atoms with Crippen LogP contribution in [0.5, 0.6) is 0 Å². The van der Waals surface area contributed by atoms with Gasteiger partial charge in [-0.25, -0.2) is 4.79 Å². The molecular weight excluding hydrogens is 360 g/mol. The molecule has 3 atom stereocenters. The highest BCUT2D eigenvalue weighted by Crippen LogP contribution is 2.28. The Balaban J connectivity index is 1.44. The average Bonchev–Trinajstić information content (AvgIpc) is 3.27. The molecule has 1 aliphatic rings. The first kappa shape index (κ1) is 18.7. The Morgan fingerprint density at radius 3 is 3.00 bits per heavy atom. The number of aromatic nitrogens is 3. The molecule has 1 fully saturated rings. The van der Waals surface area contributed by atoms with Crippen LogP contribution in [0.2, 0.25) is 0 Å². The van der Waals surface area contributed by atoms with E-state index >= 15 is 0 Å². The number of anilines is 1. The minimum atomic E-state index is -0.795. The molecule has 0 saturated carbocycles. The van der Waals surface area contributed by atoms with Gasteiger partial charge >= 0.3 is 5.69 Å². The smallest absolute Gasteiger partial charge is 0.351 e. The van der Waals surface area contributed by atoms with E-state index in [1.165, 1.54) is 15.5 Å². The quantitative estimate of drug-likeness (QED) is 0.510. The van der Waals surface area contributed by atoms with Gasteiger partial charge in [0, 0.05) is 41.8 Å². The molecule has 148 valence electrons. The van der Waals surface area contributed by atoms with E-state index in [2.05, 4.69) is 21.4 Å². The molecule has 0 amide bonds. The van der Waals surface area contributed by atoms with Crippen LogP contribution >= 0.6 is 0 Å². The number of para-hydroxylation sites is 1. The highest BCUT2D eigenvalue weighted by molar-refractivity contribution is 5.83. The molecule has 2 aromatic heterocycles. The van der Waals surface area contributed by atoms with Gasteiger partial charge < -0.3 is 25.3 Å². The van der Waals surface area contributed by atoms with Gasteiger partial charge in [0.25, 0.3) is 0 Å². The lowest BCUT2D eigenvalue weighted by molar-refractivity contribution is -0.0459. The molecule has 0 radical (unpaired) electrons. The number of nitrogens with zero attached hydrogens (tertiary/aromatic N) is 2. The van der Waals surface area contributed by atoms with Gasteiger partial charge in [-0.15, -0.1) is 0 Å². The number of nitrogens with one attached hydrogen (secondary N) is 2. The summed E-state index contributed by atoms with van der Waals surface area (Å²) in [6, 6.07) is 8.14. The lowest BCUT2D eigenvalue weighted by Crippen LogP contribution is -2.29. The summed E-state index contributed by atoms with van der Waals surface area (Å²) in [5.41, 5.74) is 2.67. The number of ether oxygens (including phenoxy) is 1. The molecule has 1 aliphatic heterocycles. The lowest BCUT2D eigenvalue weighted by atomic mass is 10.1. The number of rotatable bonds is 6. The second-order valence-electron chi connectivity index (χ2n) is 7.11. The standard InChI is InChI=1S/C20H24N4O4/c1-12-10-24(18-8-16(26)17(11-25)28-18)20(27)23-19(12)21-7-6-13-9-22-15-5-3-2-4-14(13)15/h2-5,9-10,16-18,22,25-26H,6-8,11H2,1H3,(H,21,23,27)/t16-,17+,18-/m1/s1. The minimum absolute atomic E-state index is 0.250. The van der Waals surface area contributed by atoms with Crippen LogP contribution in [0.3, 0.4) is 0 Å². The average molecular weight is 384 g/mol. The van der Waals surface area contributed by atoms with Crippen LogP contribution in [0.25, 0.3) is 10.9 Å². The Kier molecular flexibility index (Phi) is 5.17. The van der Waals surface area contributed by atoms with E-state index in [1.54, 1.807) is 6.20 Å². The van der Waals surface area contributed by atoms with E-state index in [9.17, 15) is 15.0 Å². The molecule has 8 nitrogen and oxygen atoms in total. The number of aromatic amines is 1. The van der Waals surface area contributed by atoms with E-state index < -0.39 is 24.1 Å². The molecule has 0 unspecified atom stereocenters. The first-order chi connectivity index (χ1) is 13.6. The summed E-state index contributed by atoms with van der Waals surface area (Å²) in [7, 11) is 0. The molecule has 1 saturated heterocycles. The van der Waals surface area contributed by atoms with E-state index in [0.717, 1.165) is 17.5 Å². The molecule has 0 bridgehead atoms. The maximum Gasteiger partial charge on any atom is 0.351 e. The maximum absolute atomic E-state index is 12.4. The van der Waals surface area contributed by atoms with Crippen LogP contribution < -0.4 is 11.0 Å². The van der Waals surface area contributed by atoms with Crippen molar-refractivity contribution >= 4 is 16.7 Å². The van der Waals surface area contributed by atoms with Crippen molar-refractivity contribution in [3.63, 3.8) is 0 Å². The summed E-state index contributed by atoms with van der Waals surface area (Å²) in [6.07, 6.45) is 2.64. The summed E-state index contributed by atoms with van der Waals surface area (Å²) in [5.74, 6) is 0.540. The maximum atomic E-state index is 12.4. The highest BCUT2D eigenvalue weighted by atomic mass is 16.5. The van der Waals surface area contributed by atoms with E-state index in [4.69, 9.17) is 4.74 Å². The Hall–Kier alpha value is -2.68. The predicted octanol–water partition coefficient (Wildman–Crippen LogP) is 1.33. The molecule has 0 spiro atoms. The fraction of sp³-hybridized carbons (Fsp3) is 0.400. The monoisotopic (exact) mass is 384 g/mol. The zero-order valence-corrected chi connectivity index (χ0v) is 15.6. The van der Waals surface area contributed by atoms with Crippen molar-refractivity contribution in [1.29, 1.82) is 0 Å². The third-order valence-corrected chi connectivity index (χ3v) is 5.19. The van der Waals surface area contributed by atoms with Crippen LogP contribution in [0.1, 0.15) is 23.8 Å². The number of H-pyrrole nitrogens is 1. The summed E-state index contributed by atoms with van der Waals surface area (Å²) < 4.78 is 6.93. The number of fused-ring (bicyclic) bond motifs is 1. The van der Waals surface area contributed by atoms with Crippen LogP contribution in [-0.4, -0.2) is 50.1 Å². The fourth-order valence-corrected chi connectivity index (χ4v) is 3.66. The van der Waals surface area contributed by atoms with Crippen molar-refractivity contribution in [3.8, 4) is 0 Å². The van der Waals surface area contributed by atoms with Gasteiger partial charge in [0.15, 0.2) is 0 Å². The van der Waals surface area contributed by atoms with Crippen LogP contribution in [-0.2, 0) is 11.2 Å². The molecule has 4 rings (SSSR count). The molecule has 28 heavy (non-hydrogen) atoms. The second-order valence-corrected chi connectivity index (χ2v) is 7.11. The lowest BCUT2D eigenvalue weighted by Gasteiger charge is -2.16. The Morgan fingerprint density at radius 1 is 1.39 bits per heavy atom. The van der Waals surface area contributed by atoms with Crippen molar-refractivity contribution in [2.24, 2.45) is 0 Å². The largest absolute Gasteiger partial charge is 0.394 e. The van der Waals surface area contributed by atoms with Gasteiger partial charge in [-0.3, -0.25) is 4.57 Å². The van der Waals surface area contributed by atoms with Crippen LogP contribution in [0.15, 0.2) is 41.5 Å². The van der Waals surface area contributed by atoms with Gasteiger partial charge in [0.05, 0.1) is 12.7 Å². The van der Waals surface area contributed by atoms with Crippen molar-refractivity contribution in [2.75, 3.05) is 18.5 Å². The van der Waals surface area contributed by atoms with E-state index in [1.807, 2.05) is 31.3 Å². The first-order valence-corrected chi connectivity index (χ1v) is 9.40. The number of aryl methyl sites for hydroxylation is 1. The van der Waals surface area contributed by atoms with E-state index in [0.29, 0.717) is 12.4 Å². The first-order valence-electron chi connectivity index (χ1n) is 9.40. The fourth-order valence-electron chi connectivity index (χ4n) is 3.66. The van der Waals surface area contributed by atoms with Gasteiger partial charge in [-0.2, -0.15) is 4.98 Å². The van der Waals surface area contributed by atoms with Gasteiger partial charge in [0.1, 0.15) is 18.1 Å². The summed E-state index contributed by atoms with van der Waals surface area (Å²) in [5, 5.41) is 23.5. The molecule has 4 N–H and O–H groups in total. The van der Waals surface area contributed by atoms with Gasteiger partial charge in [-0.05, 0) is 25.0 Å². The number of benzene rings is 1. The second kappa shape index (κ2) is 7.75. The van der Waals surface area contributed by atoms with E-state index in [-0.39, 0.29) is 13.0 Å². The van der Waals surface area contributed by atoms with Crippen LogP contribution in [0, 0.1) is 6.92 Å². The molecule has 0 aliphatic carbocycles. The zero-order chi connectivity index (χ0) is 19.7. The number of hydrogen-bond donors (Lipinski definition) is 4. The SMILES string of the molecule is Cc1cn([C@H]2C[C@@H](O)[C@H](CO)O2)c(=O)nc1NCCc1c[nH]c2ccccc12. The zero-order valence-electron chi connectivity index (χ0n) is 15.6.